The molecule has 0 aliphatic heterocycles. The predicted molar refractivity (Wildman–Crippen MR) is 75.4 cm³/mol. The first kappa shape index (κ1) is 15.2. The summed E-state index contributed by atoms with van der Waals surface area (Å²) in [6.07, 6.45) is 4.65. The molecule has 5 heteroatoms. The molecule has 104 valence electrons. The van der Waals surface area contributed by atoms with Crippen molar-refractivity contribution in [3.05, 3.63) is 24.0 Å². The monoisotopic (exact) mass is 272 g/mol. The number of sulfone groups is 1. The van der Waals surface area contributed by atoms with Gasteiger partial charge in [0.05, 0.1) is 5.75 Å². The van der Waals surface area contributed by atoms with Crippen LogP contribution in [0.15, 0.2) is 18.5 Å². The van der Waals surface area contributed by atoms with Crippen molar-refractivity contribution in [3.8, 4) is 0 Å². The third kappa shape index (κ3) is 5.69. The van der Waals surface area contributed by atoms with Crippen LogP contribution in [0.4, 0.5) is 0 Å². The van der Waals surface area contributed by atoms with Crippen molar-refractivity contribution in [2.75, 3.05) is 11.5 Å². The van der Waals surface area contributed by atoms with Crippen LogP contribution in [0.3, 0.4) is 0 Å². The van der Waals surface area contributed by atoms with Crippen LogP contribution >= 0.6 is 0 Å². The maximum atomic E-state index is 11.6. The number of rotatable bonds is 8. The van der Waals surface area contributed by atoms with Gasteiger partial charge in [-0.15, -0.1) is 0 Å². The average Bonchev–Trinajstić information content (AvgIpc) is 2.72. The molecule has 0 fully saturated rings. The fraction of sp³-hybridized carbons (Fsp3) is 0.692. The van der Waals surface area contributed by atoms with Gasteiger partial charge in [-0.2, -0.15) is 0 Å². The minimum absolute atomic E-state index is 0.229. The molecule has 1 N–H and O–H groups in total. The minimum atomic E-state index is -2.88. The molecule has 0 saturated carbocycles. The lowest BCUT2D eigenvalue weighted by molar-refractivity contribution is 0.584. The standard InChI is InChI=1S/C13H24N2O2S/c1-4-8-18(16,17)9-7-15-6-5-13(11-15)10-14-12(2)3/h5-6,11-12,14H,4,7-10H2,1-3H3. The molecule has 0 aliphatic carbocycles. The van der Waals surface area contributed by atoms with Crippen LogP contribution in [0, 0.1) is 0 Å². The Morgan fingerprint density at radius 3 is 2.67 bits per heavy atom. The van der Waals surface area contributed by atoms with Crippen molar-refractivity contribution in [1.82, 2.24) is 9.88 Å². The van der Waals surface area contributed by atoms with Crippen LogP contribution in [-0.4, -0.2) is 30.5 Å². The van der Waals surface area contributed by atoms with Gasteiger partial charge in [0, 0.05) is 37.3 Å². The van der Waals surface area contributed by atoms with E-state index in [9.17, 15) is 8.42 Å². The number of nitrogens with zero attached hydrogens (tertiary/aromatic N) is 1. The molecule has 1 aromatic rings. The van der Waals surface area contributed by atoms with E-state index in [1.165, 1.54) is 5.56 Å². The molecule has 0 aliphatic rings. The zero-order valence-electron chi connectivity index (χ0n) is 11.5. The molecule has 0 aromatic carbocycles. The third-order valence-corrected chi connectivity index (χ3v) is 4.54. The van der Waals surface area contributed by atoms with Crippen molar-refractivity contribution in [2.45, 2.75) is 46.3 Å². The molecule has 1 rings (SSSR count). The largest absolute Gasteiger partial charge is 0.353 e. The summed E-state index contributed by atoms with van der Waals surface area (Å²) in [5.74, 6) is 0.516. The highest BCUT2D eigenvalue weighted by Crippen LogP contribution is 2.03. The minimum Gasteiger partial charge on any atom is -0.353 e. The maximum absolute atomic E-state index is 11.6. The molecule has 0 amide bonds. The van der Waals surface area contributed by atoms with Gasteiger partial charge in [-0.05, 0) is 18.1 Å². The Kier molecular flexibility index (Phi) is 5.88. The Hall–Kier alpha value is -0.810. The molecule has 4 nitrogen and oxygen atoms in total. The summed E-state index contributed by atoms with van der Waals surface area (Å²) in [4.78, 5) is 0. The van der Waals surface area contributed by atoms with Gasteiger partial charge in [-0.1, -0.05) is 20.8 Å². The third-order valence-electron chi connectivity index (χ3n) is 2.70. The van der Waals surface area contributed by atoms with E-state index < -0.39 is 9.84 Å². The Bertz CT molecular complexity index is 449. The predicted octanol–water partition coefficient (Wildman–Crippen LogP) is 1.81. The van der Waals surface area contributed by atoms with E-state index in [2.05, 4.69) is 19.2 Å². The first-order valence-electron chi connectivity index (χ1n) is 6.51. The molecule has 0 atom stereocenters. The van der Waals surface area contributed by atoms with Crippen LogP contribution in [0.25, 0.3) is 0 Å². The molecule has 18 heavy (non-hydrogen) atoms. The molecular formula is C13H24N2O2S. The number of hydrogen-bond donors (Lipinski definition) is 1. The summed E-state index contributed by atoms with van der Waals surface area (Å²) in [7, 11) is -2.88. The van der Waals surface area contributed by atoms with Crippen LogP contribution in [0.2, 0.25) is 0 Å². The summed E-state index contributed by atoms with van der Waals surface area (Å²) in [5, 5.41) is 3.34. The molecule has 1 heterocycles. The highest BCUT2D eigenvalue weighted by molar-refractivity contribution is 7.91. The lowest BCUT2D eigenvalue weighted by Gasteiger charge is -2.06. The highest BCUT2D eigenvalue weighted by Gasteiger charge is 2.09. The van der Waals surface area contributed by atoms with Crippen LogP contribution in [0.5, 0.6) is 0 Å². The number of aryl methyl sites for hydroxylation is 1. The van der Waals surface area contributed by atoms with Crippen molar-refractivity contribution in [2.24, 2.45) is 0 Å². The van der Waals surface area contributed by atoms with Crippen LogP contribution < -0.4 is 5.32 Å². The summed E-state index contributed by atoms with van der Waals surface area (Å²) in [5.41, 5.74) is 1.19. The Morgan fingerprint density at radius 1 is 1.33 bits per heavy atom. The highest BCUT2D eigenvalue weighted by atomic mass is 32.2. The van der Waals surface area contributed by atoms with Crippen molar-refractivity contribution in [3.63, 3.8) is 0 Å². The summed E-state index contributed by atoms with van der Waals surface area (Å²) in [6, 6.07) is 2.49. The zero-order valence-corrected chi connectivity index (χ0v) is 12.3. The van der Waals surface area contributed by atoms with Gasteiger partial charge < -0.3 is 9.88 Å². The number of hydrogen-bond acceptors (Lipinski definition) is 3. The van der Waals surface area contributed by atoms with Gasteiger partial charge in [0.1, 0.15) is 0 Å². The normalized spacial score (nSPS) is 12.2. The van der Waals surface area contributed by atoms with Gasteiger partial charge in [0.25, 0.3) is 0 Å². The van der Waals surface area contributed by atoms with Crippen molar-refractivity contribution >= 4 is 9.84 Å². The summed E-state index contributed by atoms with van der Waals surface area (Å²) < 4.78 is 25.1. The molecule has 0 radical (unpaired) electrons. The fourth-order valence-corrected chi connectivity index (χ4v) is 3.03. The zero-order chi connectivity index (χ0) is 13.6. The molecular weight excluding hydrogens is 248 g/mol. The van der Waals surface area contributed by atoms with E-state index >= 15 is 0 Å². The van der Waals surface area contributed by atoms with Gasteiger partial charge in [0.2, 0.25) is 0 Å². The lowest BCUT2D eigenvalue weighted by atomic mass is 10.3. The van der Waals surface area contributed by atoms with E-state index in [4.69, 9.17) is 0 Å². The number of aromatic nitrogens is 1. The smallest absolute Gasteiger partial charge is 0.152 e. The Balaban J connectivity index is 2.44. The summed E-state index contributed by atoms with van der Waals surface area (Å²) >= 11 is 0. The van der Waals surface area contributed by atoms with Gasteiger partial charge in [-0.25, -0.2) is 8.42 Å². The molecule has 0 unspecified atom stereocenters. The Morgan fingerprint density at radius 2 is 2.06 bits per heavy atom. The first-order chi connectivity index (χ1) is 8.43. The second-order valence-corrected chi connectivity index (χ2v) is 7.25. The van der Waals surface area contributed by atoms with Gasteiger partial charge in [-0.3, -0.25) is 0 Å². The first-order valence-corrected chi connectivity index (χ1v) is 8.33. The van der Waals surface area contributed by atoms with Crippen LogP contribution in [-0.2, 0) is 22.9 Å². The number of nitrogens with one attached hydrogen (secondary N) is 1. The molecule has 0 saturated heterocycles. The quantitative estimate of drug-likeness (QED) is 0.785. The van der Waals surface area contributed by atoms with E-state index in [0.717, 1.165) is 6.54 Å². The fourth-order valence-electron chi connectivity index (χ4n) is 1.71. The van der Waals surface area contributed by atoms with Crippen molar-refractivity contribution in [1.29, 1.82) is 0 Å². The topological polar surface area (TPSA) is 51.1 Å². The lowest BCUT2D eigenvalue weighted by Crippen LogP contribution is -2.21. The van der Waals surface area contributed by atoms with Gasteiger partial charge >= 0.3 is 0 Å². The van der Waals surface area contributed by atoms with E-state index in [0.29, 0.717) is 19.0 Å². The van der Waals surface area contributed by atoms with E-state index in [1.54, 1.807) is 0 Å². The van der Waals surface area contributed by atoms with E-state index in [-0.39, 0.29) is 11.5 Å². The average molecular weight is 272 g/mol. The van der Waals surface area contributed by atoms with Gasteiger partial charge in [0.15, 0.2) is 9.84 Å². The second-order valence-electron chi connectivity index (χ2n) is 4.94. The molecule has 0 bridgehead atoms. The second kappa shape index (κ2) is 6.95. The molecule has 1 aromatic heterocycles. The van der Waals surface area contributed by atoms with Crippen molar-refractivity contribution < 1.29 is 8.42 Å². The maximum Gasteiger partial charge on any atom is 0.152 e. The Labute approximate surface area is 110 Å². The summed E-state index contributed by atoms with van der Waals surface area (Å²) in [6.45, 7) is 7.47. The molecule has 0 spiro atoms. The van der Waals surface area contributed by atoms with E-state index in [1.807, 2.05) is 30.0 Å². The van der Waals surface area contributed by atoms with Crippen LogP contribution in [0.1, 0.15) is 32.8 Å². The SMILES string of the molecule is CCCS(=O)(=O)CCn1ccc(CNC(C)C)c1.